The Labute approximate surface area is 127 Å². The van der Waals surface area contributed by atoms with Gasteiger partial charge in [0.25, 0.3) is 0 Å². The van der Waals surface area contributed by atoms with Crippen molar-refractivity contribution in [2.45, 2.75) is 0 Å². The molecule has 0 amide bonds. The second-order valence-corrected chi connectivity index (χ2v) is 5.38. The van der Waals surface area contributed by atoms with E-state index in [1.165, 1.54) is 12.1 Å². The van der Waals surface area contributed by atoms with Crippen molar-refractivity contribution in [3.8, 4) is 11.5 Å². The summed E-state index contributed by atoms with van der Waals surface area (Å²) in [5, 5.41) is 9.82. The van der Waals surface area contributed by atoms with Crippen LogP contribution in [0.1, 0.15) is 10.4 Å². The molecule has 2 rings (SSSR count). The lowest BCUT2D eigenvalue weighted by atomic mass is 10.2. The molecule has 2 aromatic carbocycles. The minimum absolute atomic E-state index is 0.0245. The number of carboxylic acid groups (broad SMARTS) is 1. The summed E-state index contributed by atoms with van der Waals surface area (Å²) in [7, 11) is 0. The number of hydrogen-bond acceptors (Lipinski definition) is 2. The lowest BCUT2D eigenvalue weighted by Crippen LogP contribution is -2.00. The van der Waals surface area contributed by atoms with E-state index in [0.717, 1.165) is 4.47 Å². The van der Waals surface area contributed by atoms with E-state index in [4.69, 9.17) is 33.0 Å². The highest BCUT2D eigenvalue weighted by Crippen LogP contribution is 2.34. The molecule has 0 aliphatic rings. The number of ether oxygens (including phenoxy) is 1. The number of carbonyl (C=O) groups is 1. The van der Waals surface area contributed by atoms with Crippen LogP contribution in [0.3, 0.4) is 0 Å². The number of aromatic carboxylic acids is 1. The summed E-state index contributed by atoms with van der Waals surface area (Å²) >= 11 is 15.1. The number of rotatable bonds is 3. The highest BCUT2D eigenvalue weighted by atomic mass is 79.9. The molecule has 3 nitrogen and oxygen atoms in total. The second-order valence-electron chi connectivity index (χ2n) is 3.62. The van der Waals surface area contributed by atoms with Crippen molar-refractivity contribution in [1.82, 2.24) is 0 Å². The first kappa shape index (κ1) is 14.2. The van der Waals surface area contributed by atoms with E-state index in [1.807, 2.05) is 0 Å². The van der Waals surface area contributed by atoms with Crippen LogP contribution in [0, 0.1) is 0 Å². The normalized spacial score (nSPS) is 10.3. The molecule has 0 aromatic heterocycles. The van der Waals surface area contributed by atoms with Crippen molar-refractivity contribution in [2.75, 3.05) is 0 Å². The Bertz CT molecular complexity index is 644. The lowest BCUT2D eigenvalue weighted by molar-refractivity contribution is 0.0694. The van der Waals surface area contributed by atoms with E-state index < -0.39 is 5.97 Å². The topological polar surface area (TPSA) is 46.5 Å². The molecule has 0 fully saturated rings. The van der Waals surface area contributed by atoms with Crippen molar-refractivity contribution in [3.05, 3.63) is 56.5 Å². The quantitative estimate of drug-likeness (QED) is 0.812. The van der Waals surface area contributed by atoms with E-state index in [1.54, 1.807) is 24.3 Å². The van der Waals surface area contributed by atoms with E-state index in [0.29, 0.717) is 15.8 Å². The summed E-state index contributed by atoms with van der Waals surface area (Å²) in [5.41, 5.74) is -0.0245. The van der Waals surface area contributed by atoms with Gasteiger partial charge in [0, 0.05) is 9.50 Å². The Morgan fingerprint density at radius 3 is 2.53 bits per heavy atom. The molecule has 0 spiro atoms. The van der Waals surface area contributed by atoms with Crippen molar-refractivity contribution >= 4 is 45.1 Å². The number of carboxylic acids is 1. The number of benzene rings is 2. The third-order valence-corrected chi connectivity index (χ3v) is 3.33. The first-order chi connectivity index (χ1) is 8.97. The fourth-order valence-corrected chi connectivity index (χ4v) is 2.10. The van der Waals surface area contributed by atoms with Crippen LogP contribution in [-0.2, 0) is 0 Å². The Balaban J connectivity index is 2.43. The highest BCUT2D eigenvalue weighted by molar-refractivity contribution is 9.10. The first-order valence-corrected chi connectivity index (χ1v) is 6.68. The predicted octanol–water partition coefficient (Wildman–Crippen LogP) is 5.25. The van der Waals surface area contributed by atoms with Crippen LogP contribution >= 0.6 is 39.1 Å². The average Bonchev–Trinajstić information content (AvgIpc) is 2.35. The number of hydrogen-bond donors (Lipinski definition) is 1. The standard InChI is InChI=1S/C13H7BrCl2O3/c14-7-1-3-10(16)12(5-7)19-11-4-2-8(15)6-9(11)13(17)18/h1-6H,(H,17,18). The minimum atomic E-state index is -1.12. The van der Waals surface area contributed by atoms with Crippen LogP contribution in [0.2, 0.25) is 10.0 Å². The molecule has 98 valence electrons. The maximum Gasteiger partial charge on any atom is 0.339 e. The monoisotopic (exact) mass is 360 g/mol. The summed E-state index contributed by atoms with van der Waals surface area (Å²) in [6.45, 7) is 0. The van der Waals surface area contributed by atoms with Crippen LogP contribution in [0.4, 0.5) is 0 Å². The summed E-state index contributed by atoms with van der Waals surface area (Å²) in [4.78, 5) is 11.1. The van der Waals surface area contributed by atoms with E-state index in [-0.39, 0.29) is 11.3 Å². The molecule has 2 aromatic rings. The Morgan fingerprint density at radius 1 is 1.11 bits per heavy atom. The Morgan fingerprint density at radius 2 is 1.84 bits per heavy atom. The summed E-state index contributed by atoms with van der Waals surface area (Å²) in [6, 6.07) is 9.43. The van der Waals surface area contributed by atoms with Crippen LogP contribution in [0.5, 0.6) is 11.5 Å². The number of halogens is 3. The van der Waals surface area contributed by atoms with Crippen LogP contribution < -0.4 is 4.74 Å². The van der Waals surface area contributed by atoms with Gasteiger partial charge in [-0.2, -0.15) is 0 Å². The van der Waals surface area contributed by atoms with E-state index >= 15 is 0 Å². The van der Waals surface area contributed by atoms with Gasteiger partial charge in [0.2, 0.25) is 0 Å². The molecule has 0 radical (unpaired) electrons. The van der Waals surface area contributed by atoms with Crippen molar-refractivity contribution in [2.24, 2.45) is 0 Å². The molecule has 1 N–H and O–H groups in total. The van der Waals surface area contributed by atoms with Gasteiger partial charge in [0.15, 0.2) is 0 Å². The third kappa shape index (κ3) is 3.41. The van der Waals surface area contributed by atoms with Gasteiger partial charge >= 0.3 is 5.97 Å². The van der Waals surface area contributed by atoms with Crippen molar-refractivity contribution < 1.29 is 14.6 Å². The van der Waals surface area contributed by atoms with Crippen molar-refractivity contribution in [1.29, 1.82) is 0 Å². The van der Waals surface area contributed by atoms with Gasteiger partial charge in [-0.3, -0.25) is 0 Å². The Hall–Kier alpha value is -1.23. The average molecular weight is 362 g/mol. The van der Waals surface area contributed by atoms with Crippen LogP contribution in [0.25, 0.3) is 0 Å². The zero-order chi connectivity index (χ0) is 14.0. The molecule has 0 heterocycles. The molecule has 19 heavy (non-hydrogen) atoms. The SMILES string of the molecule is O=C(O)c1cc(Cl)ccc1Oc1cc(Br)ccc1Cl. The molecule has 0 aliphatic carbocycles. The molecular formula is C13H7BrCl2O3. The Kier molecular flexibility index (Phi) is 4.34. The summed E-state index contributed by atoms with van der Waals surface area (Å²) < 4.78 is 6.31. The molecule has 0 unspecified atom stereocenters. The zero-order valence-corrected chi connectivity index (χ0v) is 12.5. The fraction of sp³-hybridized carbons (Fsp3) is 0. The fourth-order valence-electron chi connectivity index (χ4n) is 1.43. The molecule has 0 saturated heterocycles. The third-order valence-electron chi connectivity index (χ3n) is 2.29. The molecule has 0 bridgehead atoms. The molecule has 0 aliphatic heterocycles. The van der Waals surface area contributed by atoms with Gasteiger partial charge in [-0.1, -0.05) is 39.1 Å². The summed E-state index contributed by atoms with van der Waals surface area (Å²) in [6.07, 6.45) is 0. The smallest absolute Gasteiger partial charge is 0.339 e. The zero-order valence-electron chi connectivity index (χ0n) is 9.36. The molecule has 0 saturated carbocycles. The molecule has 0 atom stereocenters. The van der Waals surface area contributed by atoms with Gasteiger partial charge in [-0.05, 0) is 36.4 Å². The maximum atomic E-state index is 11.1. The van der Waals surface area contributed by atoms with E-state index in [2.05, 4.69) is 15.9 Å². The van der Waals surface area contributed by atoms with Crippen LogP contribution in [0.15, 0.2) is 40.9 Å². The highest BCUT2D eigenvalue weighted by Gasteiger charge is 2.14. The molecule has 6 heteroatoms. The van der Waals surface area contributed by atoms with Crippen molar-refractivity contribution in [3.63, 3.8) is 0 Å². The van der Waals surface area contributed by atoms with Crippen LogP contribution in [-0.4, -0.2) is 11.1 Å². The van der Waals surface area contributed by atoms with Gasteiger partial charge in [-0.15, -0.1) is 0 Å². The minimum Gasteiger partial charge on any atom is -0.478 e. The second kappa shape index (κ2) is 5.82. The van der Waals surface area contributed by atoms with Gasteiger partial charge in [0.1, 0.15) is 17.1 Å². The van der Waals surface area contributed by atoms with Gasteiger partial charge in [-0.25, -0.2) is 4.79 Å². The summed E-state index contributed by atoms with van der Waals surface area (Å²) in [5.74, 6) is -0.582. The molecular weight excluding hydrogens is 355 g/mol. The lowest BCUT2D eigenvalue weighted by Gasteiger charge is -2.10. The first-order valence-electron chi connectivity index (χ1n) is 5.13. The maximum absolute atomic E-state index is 11.1. The van der Waals surface area contributed by atoms with E-state index in [9.17, 15) is 4.79 Å². The van der Waals surface area contributed by atoms with Gasteiger partial charge < -0.3 is 9.84 Å². The largest absolute Gasteiger partial charge is 0.478 e. The van der Waals surface area contributed by atoms with Gasteiger partial charge in [0.05, 0.1) is 5.02 Å². The predicted molar refractivity (Wildman–Crippen MR) is 77.6 cm³/mol.